The van der Waals surface area contributed by atoms with Crippen LogP contribution in [0.25, 0.3) is 16.9 Å². The first kappa shape index (κ1) is 24.8. The molecule has 0 spiro atoms. The maximum absolute atomic E-state index is 14.4. The van der Waals surface area contributed by atoms with Crippen molar-refractivity contribution in [1.29, 1.82) is 0 Å². The van der Waals surface area contributed by atoms with Gasteiger partial charge in [0.1, 0.15) is 17.1 Å². The molecule has 0 bridgehead atoms. The predicted molar refractivity (Wildman–Crippen MR) is 133 cm³/mol. The van der Waals surface area contributed by atoms with E-state index in [1.165, 1.54) is 42.2 Å². The van der Waals surface area contributed by atoms with E-state index in [9.17, 15) is 18.8 Å². The fourth-order valence-corrected chi connectivity index (χ4v) is 3.71. The number of halogens is 2. The average molecular weight is 509 g/mol. The quantitative estimate of drug-likeness (QED) is 0.415. The molecule has 0 aliphatic carbocycles. The highest BCUT2D eigenvalue weighted by atomic mass is 35.5. The lowest BCUT2D eigenvalue weighted by molar-refractivity contribution is 0.0933. The Morgan fingerprint density at radius 3 is 2.39 bits per heavy atom. The van der Waals surface area contributed by atoms with Crippen LogP contribution in [0.3, 0.4) is 0 Å². The van der Waals surface area contributed by atoms with Gasteiger partial charge in [0.25, 0.3) is 17.4 Å². The Morgan fingerprint density at radius 2 is 1.78 bits per heavy atom. The SMILES string of the molecule is CNC(=O)c1ccc([C@H](C)NC(=O)c2cc(-c3ccc(Cl)cc3)nn(-c3cnn(C)c3)c2=O)cc1F. The zero-order valence-electron chi connectivity index (χ0n) is 19.6. The summed E-state index contributed by atoms with van der Waals surface area (Å²) in [5.74, 6) is -1.95. The van der Waals surface area contributed by atoms with E-state index in [2.05, 4.69) is 20.8 Å². The molecular weight excluding hydrogens is 487 g/mol. The van der Waals surface area contributed by atoms with Crippen molar-refractivity contribution >= 4 is 23.4 Å². The Balaban J connectivity index is 1.71. The molecule has 0 radical (unpaired) electrons. The maximum atomic E-state index is 14.4. The monoisotopic (exact) mass is 508 g/mol. The molecule has 1 atom stereocenters. The van der Waals surface area contributed by atoms with Crippen molar-refractivity contribution < 1.29 is 14.0 Å². The molecule has 0 saturated carbocycles. The minimum Gasteiger partial charge on any atom is -0.355 e. The van der Waals surface area contributed by atoms with Crippen LogP contribution in [0.4, 0.5) is 4.39 Å². The molecule has 0 unspecified atom stereocenters. The smallest absolute Gasteiger partial charge is 0.284 e. The summed E-state index contributed by atoms with van der Waals surface area (Å²) in [6.45, 7) is 1.65. The van der Waals surface area contributed by atoms with Gasteiger partial charge in [-0.3, -0.25) is 19.1 Å². The number of hydrogen-bond acceptors (Lipinski definition) is 5. The number of aromatic nitrogens is 4. The first-order valence-electron chi connectivity index (χ1n) is 10.9. The number of nitrogens with one attached hydrogen (secondary N) is 2. The highest BCUT2D eigenvalue weighted by molar-refractivity contribution is 6.30. The van der Waals surface area contributed by atoms with Crippen LogP contribution in [-0.4, -0.2) is 38.4 Å². The van der Waals surface area contributed by atoms with Gasteiger partial charge in [0.15, 0.2) is 0 Å². The number of carbonyl (C=O) groups excluding carboxylic acids is 2. The number of aryl methyl sites for hydroxylation is 1. The van der Waals surface area contributed by atoms with E-state index < -0.39 is 29.2 Å². The van der Waals surface area contributed by atoms with Crippen LogP contribution < -0.4 is 16.2 Å². The first-order chi connectivity index (χ1) is 17.2. The van der Waals surface area contributed by atoms with Gasteiger partial charge < -0.3 is 10.6 Å². The maximum Gasteiger partial charge on any atom is 0.284 e. The number of nitrogens with zero attached hydrogens (tertiary/aromatic N) is 4. The summed E-state index contributed by atoms with van der Waals surface area (Å²) in [7, 11) is 3.10. The molecule has 0 aliphatic heterocycles. The zero-order valence-corrected chi connectivity index (χ0v) is 20.4. The molecule has 4 rings (SSSR count). The van der Waals surface area contributed by atoms with Gasteiger partial charge in [-0.1, -0.05) is 29.8 Å². The molecule has 2 amide bonds. The summed E-state index contributed by atoms with van der Waals surface area (Å²) in [5.41, 5.74) is 0.903. The third kappa shape index (κ3) is 5.03. The third-order valence-electron chi connectivity index (χ3n) is 5.54. The molecule has 2 N–H and O–H groups in total. The van der Waals surface area contributed by atoms with Crippen LogP contribution in [0, 0.1) is 5.82 Å². The summed E-state index contributed by atoms with van der Waals surface area (Å²) in [4.78, 5) is 38.2. The predicted octanol–water partition coefficient (Wildman–Crippen LogP) is 3.28. The standard InChI is InChI=1S/C25H22ClFN6O3/c1-14(16-6-9-19(21(27)10-16)23(34)28-2)30-24(35)20-11-22(15-4-7-17(26)8-5-15)31-33(25(20)36)18-12-29-32(3)13-18/h4-14H,1-3H3,(H,28,34)(H,30,35)/t14-/m0/s1. The normalized spacial score (nSPS) is 11.7. The van der Waals surface area contributed by atoms with Gasteiger partial charge >= 0.3 is 0 Å². The lowest BCUT2D eigenvalue weighted by atomic mass is 10.0. The highest BCUT2D eigenvalue weighted by Gasteiger charge is 2.21. The average Bonchev–Trinajstić information content (AvgIpc) is 3.30. The van der Waals surface area contributed by atoms with Crippen LogP contribution in [0.15, 0.2) is 65.7 Å². The van der Waals surface area contributed by atoms with Crippen molar-refractivity contribution in [2.45, 2.75) is 13.0 Å². The molecule has 11 heteroatoms. The van der Waals surface area contributed by atoms with Gasteiger partial charge in [-0.2, -0.15) is 14.9 Å². The Hall–Kier alpha value is -4.31. The number of carbonyl (C=O) groups is 2. The third-order valence-corrected chi connectivity index (χ3v) is 5.80. The Kier molecular flexibility index (Phi) is 6.98. The summed E-state index contributed by atoms with van der Waals surface area (Å²) in [5, 5.41) is 14.1. The number of benzene rings is 2. The van der Waals surface area contributed by atoms with Crippen molar-refractivity contribution in [3.05, 3.63) is 98.8 Å². The van der Waals surface area contributed by atoms with E-state index in [4.69, 9.17) is 11.6 Å². The van der Waals surface area contributed by atoms with Crippen molar-refractivity contribution in [3.63, 3.8) is 0 Å². The summed E-state index contributed by atoms with van der Waals surface area (Å²) < 4.78 is 17.0. The van der Waals surface area contributed by atoms with Crippen LogP contribution in [0.1, 0.15) is 39.2 Å². The van der Waals surface area contributed by atoms with Gasteiger partial charge in [-0.25, -0.2) is 4.39 Å². The molecule has 0 aliphatic rings. The molecule has 2 aromatic carbocycles. The Morgan fingerprint density at radius 1 is 1.06 bits per heavy atom. The fraction of sp³-hybridized carbons (Fsp3) is 0.160. The molecule has 9 nitrogen and oxygen atoms in total. The van der Waals surface area contributed by atoms with Crippen molar-refractivity contribution in [1.82, 2.24) is 30.2 Å². The van der Waals surface area contributed by atoms with Crippen LogP contribution in [0.2, 0.25) is 5.02 Å². The van der Waals surface area contributed by atoms with Gasteiger partial charge in [-0.05, 0) is 42.8 Å². The van der Waals surface area contributed by atoms with Crippen molar-refractivity contribution in [2.75, 3.05) is 7.05 Å². The van der Waals surface area contributed by atoms with Crippen LogP contribution >= 0.6 is 11.6 Å². The second-order valence-corrected chi connectivity index (χ2v) is 8.49. The largest absolute Gasteiger partial charge is 0.355 e. The first-order valence-corrected chi connectivity index (χ1v) is 11.3. The summed E-state index contributed by atoms with van der Waals surface area (Å²) >= 11 is 6.00. The molecule has 184 valence electrons. The number of amides is 2. The number of hydrogen-bond donors (Lipinski definition) is 2. The van der Waals surface area contributed by atoms with Crippen molar-refractivity contribution in [2.24, 2.45) is 7.05 Å². The van der Waals surface area contributed by atoms with Gasteiger partial charge in [0, 0.05) is 24.7 Å². The van der Waals surface area contributed by atoms with E-state index in [0.717, 1.165) is 4.68 Å². The Bertz CT molecular complexity index is 1510. The van der Waals surface area contributed by atoms with Gasteiger partial charge in [-0.15, -0.1) is 0 Å². The molecule has 0 saturated heterocycles. The minimum atomic E-state index is -0.721. The molecule has 2 aromatic heterocycles. The zero-order chi connectivity index (χ0) is 26.0. The Labute approximate surface area is 210 Å². The van der Waals surface area contributed by atoms with Gasteiger partial charge in [0.2, 0.25) is 0 Å². The summed E-state index contributed by atoms with van der Waals surface area (Å²) in [6.07, 6.45) is 3.06. The lowest BCUT2D eigenvalue weighted by Gasteiger charge is -2.16. The number of rotatable bonds is 6. The molecule has 0 fully saturated rings. The van der Waals surface area contributed by atoms with E-state index in [1.807, 2.05) is 0 Å². The lowest BCUT2D eigenvalue weighted by Crippen LogP contribution is -2.35. The van der Waals surface area contributed by atoms with Crippen LogP contribution in [0.5, 0.6) is 0 Å². The molecule has 2 heterocycles. The second kappa shape index (κ2) is 10.1. The summed E-state index contributed by atoms with van der Waals surface area (Å²) in [6, 6.07) is 11.6. The second-order valence-electron chi connectivity index (χ2n) is 8.05. The molecule has 36 heavy (non-hydrogen) atoms. The molecular formula is C25H22ClFN6O3. The molecule has 4 aromatic rings. The minimum absolute atomic E-state index is 0.110. The fourth-order valence-electron chi connectivity index (χ4n) is 3.59. The van der Waals surface area contributed by atoms with Crippen molar-refractivity contribution in [3.8, 4) is 16.9 Å². The van der Waals surface area contributed by atoms with E-state index in [-0.39, 0.29) is 11.1 Å². The van der Waals surface area contributed by atoms with Crippen LogP contribution in [-0.2, 0) is 7.05 Å². The topological polar surface area (TPSA) is 111 Å². The highest BCUT2D eigenvalue weighted by Crippen LogP contribution is 2.21. The van der Waals surface area contributed by atoms with E-state index in [0.29, 0.717) is 27.5 Å². The van der Waals surface area contributed by atoms with E-state index >= 15 is 0 Å². The van der Waals surface area contributed by atoms with Gasteiger partial charge in [0.05, 0.1) is 29.7 Å². The van der Waals surface area contributed by atoms with E-state index in [1.54, 1.807) is 44.4 Å².